The maximum atomic E-state index is 6.28. The van der Waals surface area contributed by atoms with Crippen molar-refractivity contribution in [3.05, 3.63) is 157 Å². The average molecular weight is 587 g/mol. The second-order valence-corrected chi connectivity index (χ2v) is 15.0. The minimum atomic E-state index is -0.840. The highest BCUT2D eigenvalue weighted by molar-refractivity contribution is 7.80. The van der Waals surface area contributed by atoms with E-state index < -0.39 is 15.8 Å². The predicted molar refractivity (Wildman–Crippen MR) is 182 cm³/mol. The van der Waals surface area contributed by atoms with E-state index in [0.29, 0.717) is 5.66 Å². The van der Waals surface area contributed by atoms with Gasteiger partial charge in [0.05, 0.1) is 25.9 Å². The second kappa shape index (κ2) is 13.5. The third-order valence-electron chi connectivity index (χ3n) is 7.98. The number of benzene rings is 5. The average Bonchev–Trinajstić information content (AvgIpc) is 3.07. The van der Waals surface area contributed by atoms with Crippen molar-refractivity contribution in [3.63, 3.8) is 0 Å². The van der Waals surface area contributed by atoms with Crippen molar-refractivity contribution in [2.75, 3.05) is 14.2 Å². The van der Waals surface area contributed by atoms with Crippen molar-refractivity contribution in [3.8, 4) is 5.75 Å². The van der Waals surface area contributed by atoms with Crippen molar-refractivity contribution < 1.29 is 9.47 Å². The molecule has 0 unspecified atom stereocenters. The van der Waals surface area contributed by atoms with Gasteiger partial charge in [-0.1, -0.05) is 133 Å². The molecule has 2 nitrogen and oxygen atoms in total. The highest BCUT2D eigenvalue weighted by atomic mass is 31.1. The van der Waals surface area contributed by atoms with E-state index in [1.165, 1.54) is 32.1 Å². The minimum absolute atomic E-state index is 0.0545. The van der Waals surface area contributed by atoms with Crippen molar-refractivity contribution in [1.82, 2.24) is 0 Å². The molecule has 2 atom stereocenters. The molecule has 0 saturated heterocycles. The second-order valence-electron chi connectivity index (χ2n) is 10.4. The molecular weight excluding hydrogens is 550 g/mol. The molecule has 1 aliphatic carbocycles. The van der Waals surface area contributed by atoms with E-state index in [2.05, 4.69) is 146 Å². The molecule has 5 aromatic rings. The molecule has 0 aliphatic heterocycles. The summed E-state index contributed by atoms with van der Waals surface area (Å²) in [5.74, 6) is 2.04. The molecule has 0 spiro atoms. The van der Waals surface area contributed by atoms with Gasteiger partial charge in [0.15, 0.2) is 0 Å². The van der Waals surface area contributed by atoms with Crippen LogP contribution < -0.4 is 31.3 Å². The Labute approximate surface area is 252 Å². The monoisotopic (exact) mass is 586 g/mol. The normalized spacial score (nSPS) is 16.7. The van der Waals surface area contributed by atoms with Crippen LogP contribution in [-0.4, -0.2) is 19.9 Å². The van der Waals surface area contributed by atoms with Gasteiger partial charge in [0, 0.05) is 11.2 Å². The number of ether oxygens (including phenoxy) is 2. The van der Waals surface area contributed by atoms with Crippen molar-refractivity contribution in [2.45, 2.75) is 24.4 Å². The summed E-state index contributed by atoms with van der Waals surface area (Å²) in [7, 11) is 2.11. The van der Waals surface area contributed by atoms with Crippen molar-refractivity contribution in [2.24, 2.45) is 0 Å². The van der Waals surface area contributed by atoms with Crippen LogP contribution in [0, 0.1) is 0 Å². The van der Waals surface area contributed by atoms with E-state index in [1.807, 2.05) is 7.11 Å². The summed E-state index contributed by atoms with van der Waals surface area (Å²) < 4.78 is 12.5. The van der Waals surface area contributed by atoms with E-state index in [4.69, 9.17) is 9.47 Å². The third-order valence-corrected chi connectivity index (χ3v) is 13.4. The molecule has 5 aromatic carbocycles. The molecule has 0 amide bonds. The Hall–Kier alpha value is -3.70. The summed E-state index contributed by atoms with van der Waals surface area (Å²) in [6.07, 6.45) is 4.40. The fraction of sp³-hybridized carbons (Fsp3) is 0.158. The van der Waals surface area contributed by atoms with Crippen LogP contribution in [0.3, 0.4) is 0 Å². The first-order valence-corrected chi connectivity index (χ1v) is 17.3. The smallest absolute Gasteiger partial charge is 0.123 e. The summed E-state index contributed by atoms with van der Waals surface area (Å²) in [6.45, 7) is 0. The number of methoxy groups -OCH3 is 2. The van der Waals surface area contributed by atoms with E-state index in [9.17, 15) is 0 Å². The van der Waals surface area contributed by atoms with Crippen LogP contribution in [-0.2, 0) is 4.74 Å². The summed E-state index contributed by atoms with van der Waals surface area (Å²) in [6, 6.07) is 50.7. The Morgan fingerprint density at radius 1 is 0.548 bits per heavy atom. The first kappa shape index (κ1) is 28.4. The van der Waals surface area contributed by atoms with Gasteiger partial charge in [-0.25, -0.2) is 0 Å². The Balaban J connectivity index is 1.60. The lowest BCUT2D eigenvalue weighted by Gasteiger charge is -2.40. The molecule has 1 aliphatic rings. The van der Waals surface area contributed by atoms with Gasteiger partial charge in [-0.05, 0) is 67.3 Å². The van der Waals surface area contributed by atoms with Crippen LogP contribution in [0.25, 0.3) is 0 Å². The molecule has 4 heteroatoms. The fourth-order valence-corrected chi connectivity index (χ4v) is 11.8. The van der Waals surface area contributed by atoms with Gasteiger partial charge in [-0.3, -0.25) is 0 Å². The van der Waals surface area contributed by atoms with Gasteiger partial charge in [0.1, 0.15) is 5.75 Å². The zero-order valence-electron chi connectivity index (χ0n) is 24.1. The highest BCUT2D eigenvalue weighted by Crippen LogP contribution is 2.55. The largest absolute Gasteiger partial charge is 0.501 e. The van der Waals surface area contributed by atoms with Crippen LogP contribution in [0.15, 0.2) is 151 Å². The molecule has 0 heterocycles. The Morgan fingerprint density at radius 2 is 1.05 bits per heavy atom. The van der Waals surface area contributed by atoms with Gasteiger partial charge in [-0.2, -0.15) is 0 Å². The van der Waals surface area contributed by atoms with E-state index in [0.717, 1.165) is 24.4 Å². The maximum Gasteiger partial charge on any atom is 0.123 e. The van der Waals surface area contributed by atoms with Crippen molar-refractivity contribution >= 4 is 42.4 Å². The molecule has 0 N–H and O–H groups in total. The SMILES string of the molecule is COC1=CCC[C@H](P(c2ccccc2)c2ccccc2)[C@H]1c1c(OC)cccc1P(c1ccccc1)c1ccccc1. The standard InChI is InChI=1S/C38H36O2P2/c1-39-33-25-15-27-35(41(29-17-7-3-8-18-29)30-19-9-4-10-20-30)37(33)38-34(40-2)26-16-28-36(38)42(31-21-11-5-12-22-31)32-23-13-6-14-24-32/h3-15,17-27,36,38H,16,28H2,1-2H3/t36-,38-/m0/s1. The van der Waals surface area contributed by atoms with Crippen LogP contribution in [0.2, 0.25) is 0 Å². The predicted octanol–water partition coefficient (Wildman–Crippen LogP) is 7.36. The van der Waals surface area contributed by atoms with Gasteiger partial charge < -0.3 is 9.47 Å². The molecule has 0 fully saturated rings. The number of allylic oxidation sites excluding steroid dienone is 2. The Kier molecular flexibility index (Phi) is 9.15. The van der Waals surface area contributed by atoms with Crippen LogP contribution in [0.1, 0.15) is 24.3 Å². The lowest BCUT2D eigenvalue weighted by Crippen LogP contribution is -2.34. The third kappa shape index (κ3) is 5.80. The van der Waals surface area contributed by atoms with E-state index >= 15 is 0 Å². The van der Waals surface area contributed by atoms with E-state index in [1.54, 1.807) is 7.11 Å². The fourth-order valence-electron chi connectivity index (χ4n) is 6.21. The number of hydrogen-bond acceptors (Lipinski definition) is 2. The molecule has 0 saturated carbocycles. The zero-order chi connectivity index (χ0) is 28.7. The Bertz CT molecular complexity index is 1530. The lowest BCUT2D eigenvalue weighted by molar-refractivity contribution is 0.250. The summed E-state index contributed by atoms with van der Waals surface area (Å²) >= 11 is 0. The summed E-state index contributed by atoms with van der Waals surface area (Å²) in [5, 5.41) is 6.79. The van der Waals surface area contributed by atoms with E-state index in [-0.39, 0.29) is 5.92 Å². The highest BCUT2D eigenvalue weighted by Gasteiger charge is 2.41. The zero-order valence-corrected chi connectivity index (χ0v) is 25.9. The molecule has 210 valence electrons. The molecule has 6 rings (SSSR count). The van der Waals surface area contributed by atoms with Crippen LogP contribution in [0.5, 0.6) is 5.75 Å². The number of rotatable bonds is 9. The van der Waals surface area contributed by atoms with Crippen LogP contribution >= 0.6 is 15.8 Å². The van der Waals surface area contributed by atoms with Crippen molar-refractivity contribution in [1.29, 1.82) is 0 Å². The first-order chi connectivity index (χ1) is 20.8. The molecule has 42 heavy (non-hydrogen) atoms. The van der Waals surface area contributed by atoms with Gasteiger partial charge in [0.25, 0.3) is 0 Å². The lowest BCUT2D eigenvalue weighted by atomic mass is 9.86. The summed E-state index contributed by atoms with van der Waals surface area (Å²) in [4.78, 5) is 0. The first-order valence-electron chi connectivity index (χ1n) is 14.5. The maximum absolute atomic E-state index is 6.28. The minimum Gasteiger partial charge on any atom is -0.501 e. The topological polar surface area (TPSA) is 18.5 Å². The van der Waals surface area contributed by atoms with Gasteiger partial charge in [0.2, 0.25) is 0 Å². The van der Waals surface area contributed by atoms with Crippen LogP contribution in [0.4, 0.5) is 0 Å². The van der Waals surface area contributed by atoms with Gasteiger partial charge in [-0.15, -0.1) is 0 Å². The molecule has 0 bridgehead atoms. The molecular formula is C38H36O2P2. The number of hydrogen-bond donors (Lipinski definition) is 0. The molecule has 0 radical (unpaired) electrons. The quantitative estimate of drug-likeness (QED) is 0.168. The van der Waals surface area contributed by atoms with Gasteiger partial charge >= 0.3 is 0 Å². The Morgan fingerprint density at radius 3 is 1.52 bits per heavy atom. The molecule has 0 aromatic heterocycles. The summed E-state index contributed by atoms with van der Waals surface area (Å²) in [5.41, 5.74) is 1.60.